The smallest absolute Gasteiger partial charge is 0.310 e. The molecule has 0 spiro atoms. The summed E-state index contributed by atoms with van der Waals surface area (Å²) in [6, 6.07) is 3.27. The summed E-state index contributed by atoms with van der Waals surface area (Å²) >= 11 is 0. The third-order valence-electron chi connectivity index (χ3n) is 3.93. The molecule has 0 aliphatic carbocycles. The highest BCUT2D eigenvalue weighted by Crippen LogP contribution is 2.37. The molecule has 2 rings (SSSR count). The molecule has 1 aromatic carbocycles. The van der Waals surface area contributed by atoms with E-state index in [-0.39, 0.29) is 35.8 Å². The molecule has 1 aliphatic heterocycles. The molecule has 10 heteroatoms. The fraction of sp³-hybridized carbons (Fsp3) is 0.462. The number of aliphatic carboxylic acids is 1. The van der Waals surface area contributed by atoms with Crippen molar-refractivity contribution in [2.24, 2.45) is 5.41 Å². The van der Waals surface area contributed by atoms with Gasteiger partial charge < -0.3 is 9.84 Å². The lowest BCUT2D eigenvalue weighted by molar-refractivity contribution is -0.385. The van der Waals surface area contributed by atoms with E-state index in [2.05, 4.69) is 0 Å². The molecule has 1 atom stereocenters. The molecule has 0 saturated carbocycles. The Morgan fingerprint density at radius 3 is 2.61 bits per heavy atom. The minimum atomic E-state index is -4.10. The zero-order valence-corrected chi connectivity index (χ0v) is 13.4. The maximum atomic E-state index is 12.7. The van der Waals surface area contributed by atoms with Crippen molar-refractivity contribution in [3.05, 3.63) is 28.3 Å². The lowest BCUT2D eigenvalue weighted by atomic mass is 9.90. The van der Waals surface area contributed by atoms with E-state index in [1.807, 2.05) is 0 Å². The van der Waals surface area contributed by atoms with Crippen LogP contribution in [0.4, 0.5) is 5.69 Å². The number of hydrogen-bond acceptors (Lipinski definition) is 6. The van der Waals surface area contributed by atoms with E-state index in [9.17, 15) is 28.4 Å². The average molecular weight is 344 g/mol. The molecule has 1 aliphatic rings. The molecule has 1 unspecified atom stereocenters. The highest BCUT2D eigenvalue weighted by atomic mass is 32.2. The van der Waals surface area contributed by atoms with E-state index in [1.165, 1.54) is 20.1 Å². The highest BCUT2D eigenvalue weighted by molar-refractivity contribution is 7.89. The van der Waals surface area contributed by atoms with Gasteiger partial charge in [0.15, 0.2) is 0 Å². The van der Waals surface area contributed by atoms with Gasteiger partial charge in [0.25, 0.3) is 5.69 Å². The van der Waals surface area contributed by atoms with Crippen LogP contribution in [0.25, 0.3) is 0 Å². The number of carboxylic acids is 1. The molecule has 1 fully saturated rings. The summed E-state index contributed by atoms with van der Waals surface area (Å²) < 4.78 is 31.5. The number of nitro benzene ring substituents is 1. The quantitative estimate of drug-likeness (QED) is 0.625. The van der Waals surface area contributed by atoms with E-state index in [0.29, 0.717) is 0 Å². The van der Waals surface area contributed by atoms with E-state index < -0.39 is 26.3 Å². The molecule has 0 bridgehead atoms. The van der Waals surface area contributed by atoms with Crippen molar-refractivity contribution in [3.63, 3.8) is 0 Å². The maximum absolute atomic E-state index is 12.7. The number of carboxylic acid groups (broad SMARTS) is 1. The number of rotatable bonds is 5. The molecule has 0 amide bonds. The number of ether oxygens (including phenoxy) is 1. The van der Waals surface area contributed by atoms with Gasteiger partial charge in [0.2, 0.25) is 10.0 Å². The zero-order valence-electron chi connectivity index (χ0n) is 12.6. The van der Waals surface area contributed by atoms with Crippen molar-refractivity contribution in [1.82, 2.24) is 4.31 Å². The Labute approximate surface area is 132 Å². The number of benzene rings is 1. The molecule has 1 aromatic rings. The van der Waals surface area contributed by atoms with Crippen molar-refractivity contribution in [2.75, 3.05) is 20.2 Å². The first-order valence-corrected chi connectivity index (χ1v) is 8.12. The normalized spacial score (nSPS) is 22.0. The summed E-state index contributed by atoms with van der Waals surface area (Å²) in [5, 5.41) is 20.1. The maximum Gasteiger partial charge on any atom is 0.310 e. The van der Waals surface area contributed by atoms with Crippen LogP contribution in [0.1, 0.15) is 13.3 Å². The Balaban J connectivity index is 2.46. The van der Waals surface area contributed by atoms with Gasteiger partial charge in [-0.05, 0) is 19.4 Å². The molecule has 1 heterocycles. The number of sulfonamides is 1. The van der Waals surface area contributed by atoms with Gasteiger partial charge in [-0.15, -0.1) is 0 Å². The van der Waals surface area contributed by atoms with Crippen LogP contribution in [0.2, 0.25) is 0 Å². The van der Waals surface area contributed by atoms with Crippen molar-refractivity contribution in [3.8, 4) is 5.75 Å². The van der Waals surface area contributed by atoms with Gasteiger partial charge in [-0.25, -0.2) is 8.42 Å². The van der Waals surface area contributed by atoms with Crippen LogP contribution in [0.15, 0.2) is 23.1 Å². The Hall–Kier alpha value is -2.20. The third-order valence-corrected chi connectivity index (χ3v) is 5.80. The fourth-order valence-corrected chi connectivity index (χ4v) is 4.16. The lowest BCUT2D eigenvalue weighted by Gasteiger charge is -2.20. The van der Waals surface area contributed by atoms with E-state index in [4.69, 9.17) is 4.74 Å². The fourth-order valence-electron chi connectivity index (χ4n) is 2.42. The van der Waals surface area contributed by atoms with Crippen LogP contribution in [-0.4, -0.2) is 48.9 Å². The highest BCUT2D eigenvalue weighted by Gasteiger charge is 2.45. The van der Waals surface area contributed by atoms with Crippen LogP contribution < -0.4 is 4.74 Å². The summed E-state index contributed by atoms with van der Waals surface area (Å²) in [7, 11) is -2.85. The summed E-state index contributed by atoms with van der Waals surface area (Å²) in [5.74, 6) is -1.11. The number of hydrogen-bond donors (Lipinski definition) is 1. The monoisotopic (exact) mass is 344 g/mol. The zero-order chi connectivity index (χ0) is 17.4. The van der Waals surface area contributed by atoms with E-state index >= 15 is 0 Å². The molecular formula is C13H16N2O7S. The Kier molecular flexibility index (Phi) is 4.31. The van der Waals surface area contributed by atoms with Crippen LogP contribution in [0.3, 0.4) is 0 Å². The molecular weight excluding hydrogens is 328 g/mol. The van der Waals surface area contributed by atoms with Gasteiger partial charge in [0.1, 0.15) is 10.6 Å². The van der Waals surface area contributed by atoms with Gasteiger partial charge in [-0.2, -0.15) is 4.31 Å². The largest absolute Gasteiger partial charge is 0.495 e. The van der Waals surface area contributed by atoms with Crippen molar-refractivity contribution in [1.29, 1.82) is 0 Å². The van der Waals surface area contributed by atoms with Crippen LogP contribution in [-0.2, 0) is 14.8 Å². The summed E-state index contributed by atoms with van der Waals surface area (Å²) in [6.07, 6.45) is 0.165. The minimum Gasteiger partial charge on any atom is -0.495 e. The first kappa shape index (κ1) is 17.2. The summed E-state index contributed by atoms with van der Waals surface area (Å²) in [4.78, 5) is 21.1. The first-order chi connectivity index (χ1) is 10.6. The Morgan fingerprint density at radius 1 is 1.48 bits per heavy atom. The van der Waals surface area contributed by atoms with Crippen LogP contribution >= 0.6 is 0 Å². The lowest BCUT2D eigenvalue weighted by Crippen LogP contribution is -2.35. The molecule has 126 valence electrons. The number of carbonyl (C=O) groups is 1. The molecule has 23 heavy (non-hydrogen) atoms. The second kappa shape index (κ2) is 5.78. The minimum absolute atomic E-state index is 0.0248. The number of nitro groups is 1. The molecule has 0 radical (unpaired) electrons. The number of non-ortho nitro benzene ring substituents is 1. The SMILES string of the molecule is COc1ccc([N+](=O)[O-])cc1S(=O)(=O)N1CCC(C)(C(=O)O)C1. The summed E-state index contributed by atoms with van der Waals surface area (Å²) in [6.45, 7) is 1.29. The second-order valence-electron chi connectivity index (χ2n) is 5.55. The average Bonchev–Trinajstić information content (AvgIpc) is 2.91. The predicted octanol–water partition coefficient (Wildman–Crippen LogP) is 1.09. The standard InChI is InChI=1S/C13H16N2O7S/c1-13(12(16)17)5-6-14(8-13)23(20,21)11-7-9(15(18)19)3-4-10(11)22-2/h3-4,7H,5-6,8H2,1-2H3,(H,16,17). The van der Waals surface area contributed by atoms with Crippen molar-refractivity contribution >= 4 is 21.7 Å². The number of methoxy groups -OCH3 is 1. The number of nitrogens with zero attached hydrogens (tertiary/aromatic N) is 2. The van der Waals surface area contributed by atoms with Gasteiger partial charge in [0.05, 0.1) is 17.4 Å². The molecule has 0 aromatic heterocycles. The van der Waals surface area contributed by atoms with Gasteiger partial charge >= 0.3 is 5.97 Å². The van der Waals surface area contributed by atoms with E-state index in [1.54, 1.807) is 0 Å². The van der Waals surface area contributed by atoms with Gasteiger partial charge in [-0.1, -0.05) is 0 Å². The Bertz CT molecular complexity index is 762. The van der Waals surface area contributed by atoms with Crippen LogP contribution in [0, 0.1) is 15.5 Å². The van der Waals surface area contributed by atoms with Gasteiger partial charge in [-0.3, -0.25) is 14.9 Å². The third kappa shape index (κ3) is 2.99. The second-order valence-corrected chi connectivity index (χ2v) is 7.45. The first-order valence-electron chi connectivity index (χ1n) is 6.68. The molecule has 1 N–H and O–H groups in total. The summed E-state index contributed by atoms with van der Waals surface area (Å²) in [5.41, 5.74) is -1.56. The van der Waals surface area contributed by atoms with Crippen molar-refractivity contribution in [2.45, 2.75) is 18.2 Å². The van der Waals surface area contributed by atoms with Crippen molar-refractivity contribution < 1.29 is 28.0 Å². The molecule has 9 nitrogen and oxygen atoms in total. The van der Waals surface area contributed by atoms with Crippen LogP contribution in [0.5, 0.6) is 5.75 Å². The van der Waals surface area contributed by atoms with Gasteiger partial charge in [0, 0.05) is 25.2 Å². The molecule has 1 saturated heterocycles. The van der Waals surface area contributed by atoms with E-state index in [0.717, 1.165) is 16.4 Å². The Morgan fingerprint density at radius 2 is 2.13 bits per heavy atom. The topological polar surface area (TPSA) is 127 Å². The predicted molar refractivity (Wildman–Crippen MR) is 78.8 cm³/mol.